The minimum Gasteiger partial charge on any atom is -0.492 e. The van der Waals surface area contributed by atoms with Gasteiger partial charge in [0.1, 0.15) is 5.75 Å². The van der Waals surface area contributed by atoms with E-state index in [1.807, 2.05) is 25.1 Å². The number of carbonyl (C=O) groups excluding carboxylic acids is 1. The van der Waals surface area contributed by atoms with Crippen molar-refractivity contribution in [2.75, 3.05) is 28.1 Å². The van der Waals surface area contributed by atoms with Crippen molar-refractivity contribution >= 4 is 33.1 Å². The molecule has 1 heterocycles. The number of hydrogen-bond donors (Lipinski definition) is 2. The van der Waals surface area contributed by atoms with E-state index in [1.54, 1.807) is 54.6 Å². The Labute approximate surface area is 188 Å². The highest BCUT2D eigenvalue weighted by Crippen LogP contribution is 2.34. The Bertz CT molecular complexity index is 1210. The largest absolute Gasteiger partial charge is 0.492 e. The summed E-state index contributed by atoms with van der Waals surface area (Å²) in [5, 5.41) is 5.58. The van der Waals surface area contributed by atoms with Crippen molar-refractivity contribution in [1.29, 1.82) is 0 Å². The number of aryl methyl sites for hydroxylation is 1. The lowest BCUT2D eigenvalue weighted by Crippen LogP contribution is -2.35. The summed E-state index contributed by atoms with van der Waals surface area (Å²) >= 11 is 0. The van der Waals surface area contributed by atoms with Gasteiger partial charge in [0.25, 0.3) is 10.0 Å². The number of nitrogens with one attached hydrogen (secondary N) is 2. The zero-order chi connectivity index (χ0) is 22.6. The van der Waals surface area contributed by atoms with Gasteiger partial charge in [0.2, 0.25) is 0 Å². The second-order valence-electron chi connectivity index (χ2n) is 7.35. The molecule has 7 nitrogen and oxygen atoms in total. The summed E-state index contributed by atoms with van der Waals surface area (Å²) in [7, 11) is -3.69. The number of amides is 2. The first kappa shape index (κ1) is 21.7. The third kappa shape index (κ3) is 4.55. The van der Waals surface area contributed by atoms with Gasteiger partial charge in [-0.1, -0.05) is 36.4 Å². The normalized spacial score (nSPS) is 13.2. The predicted molar refractivity (Wildman–Crippen MR) is 126 cm³/mol. The maximum Gasteiger partial charge on any atom is 0.323 e. The molecular formula is C24H25N3O4S. The molecule has 1 aliphatic rings. The third-order valence-electron chi connectivity index (χ3n) is 5.19. The molecule has 32 heavy (non-hydrogen) atoms. The Balaban J connectivity index is 1.57. The lowest BCUT2D eigenvalue weighted by Gasteiger charge is -2.31. The Kier molecular flexibility index (Phi) is 6.32. The SMILES string of the molecule is CCOc1ccccc1NC(=O)Nc1ccc2c(c1)N(S(=O)(=O)c1ccccc1)CCC2. The second kappa shape index (κ2) is 9.32. The van der Waals surface area contributed by atoms with E-state index in [9.17, 15) is 13.2 Å². The quantitative estimate of drug-likeness (QED) is 0.560. The second-order valence-corrected chi connectivity index (χ2v) is 9.21. The zero-order valence-electron chi connectivity index (χ0n) is 17.7. The molecule has 0 saturated carbocycles. The van der Waals surface area contributed by atoms with Gasteiger partial charge in [-0.15, -0.1) is 0 Å². The molecule has 0 bridgehead atoms. The van der Waals surface area contributed by atoms with E-state index in [1.165, 1.54) is 4.31 Å². The molecule has 2 N–H and O–H groups in total. The molecule has 8 heteroatoms. The summed E-state index contributed by atoms with van der Waals surface area (Å²) in [6.07, 6.45) is 1.52. The number of hydrogen-bond acceptors (Lipinski definition) is 4. The molecular weight excluding hydrogens is 426 g/mol. The first-order chi connectivity index (χ1) is 15.5. The summed E-state index contributed by atoms with van der Waals surface area (Å²) in [5.74, 6) is 0.579. The third-order valence-corrected chi connectivity index (χ3v) is 7.01. The first-order valence-corrected chi connectivity index (χ1v) is 11.9. The zero-order valence-corrected chi connectivity index (χ0v) is 18.6. The molecule has 1 aliphatic heterocycles. The Morgan fingerprint density at radius 3 is 2.53 bits per heavy atom. The number of para-hydroxylation sites is 2. The molecule has 0 radical (unpaired) electrons. The van der Waals surface area contributed by atoms with Crippen molar-refractivity contribution < 1.29 is 17.9 Å². The van der Waals surface area contributed by atoms with Crippen LogP contribution in [-0.2, 0) is 16.4 Å². The van der Waals surface area contributed by atoms with E-state index < -0.39 is 16.1 Å². The summed E-state index contributed by atoms with van der Waals surface area (Å²) in [6, 6.07) is 20.5. The van der Waals surface area contributed by atoms with Gasteiger partial charge in [0.15, 0.2) is 0 Å². The number of ether oxygens (including phenoxy) is 1. The van der Waals surface area contributed by atoms with Crippen LogP contribution in [0.5, 0.6) is 5.75 Å². The molecule has 0 aliphatic carbocycles. The topological polar surface area (TPSA) is 87.7 Å². The highest BCUT2D eigenvalue weighted by atomic mass is 32.2. The van der Waals surface area contributed by atoms with Gasteiger partial charge < -0.3 is 15.4 Å². The van der Waals surface area contributed by atoms with Gasteiger partial charge in [-0.25, -0.2) is 13.2 Å². The highest BCUT2D eigenvalue weighted by molar-refractivity contribution is 7.92. The average molecular weight is 452 g/mol. The number of anilines is 3. The van der Waals surface area contributed by atoms with E-state index in [-0.39, 0.29) is 4.90 Å². The summed E-state index contributed by atoms with van der Waals surface area (Å²) in [4.78, 5) is 12.8. The van der Waals surface area contributed by atoms with Gasteiger partial charge in [-0.3, -0.25) is 4.31 Å². The van der Waals surface area contributed by atoms with Crippen LogP contribution in [0.2, 0.25) is 0 Å². The summed E-state index contributed by atoms with van der Waals surface area (Å²) in [6.45, 7) is 2.75. The monoisotopic (exact) mass is 451 g/mol. The standard InChI is InChI=1S/C24H25N3O4S/c1-2-31-23-13-7-6-12-21(23)26-24(28)25-19-15-14-18-9-8-16-27(22(18)17-19)32(29,30)20-10-4-3-5-11-20/h3-7,10-15,17H,2,8-9,16H2,1H3,(H2,25,26,28). The van der Waals surface area contributed by atoms with Crippen molar-refractivity contribution in [2.24, 2.45) is 0 Å². The van der Waals surface area contributed by atoms with Gasteiger partial charge in [-0.2, -0.15) is 0 Å². The van der Waals surface area contributed by atoms with E-state index in [0.29, 0.717) is 36.0 Å². The number of fused-ring (bicyclic) bond motifs is 1. The van der Waals surface area contributed by atoms with Crippen LogP contribution in [0.1, 0.15) is 18.9 Å². The van der Waals surface area contributed by atoms with Crippen LogP contribution in [0.3, 0.4) is 0 Å². The first-order valence-electron chi connectivity index (χ1n) is 10.5. The van der Waals surface area contributed by atoms with Crippen molar-refractivity contribution in [2.45, 2.75) is 24.7 Å². The van der Waals surface area contributed by atoms with Crippen molar-refractivity contribution in [3.63, 3.8) is 0 Å². The molecule has 3 aromatic carbocycles. The molecule has 0 unspecified atom stereocenters. The molecule has 0 fully saturated rings. The van der Waals surface area contributed by atoms with E-state index in [2.05, 4.69) is 10.6 Å². The summed E-state index contributed by atoms with van der Waals surface area (Å²) in [5.41, 5.74) is 2.58. The fraction of sp³-hybridized carbons (Fsp3) is 0.208. The van der Waals surface area contributed by atoms with Crippen LogP contribution in [-0.4, -0.2) is 27.6 Å². The van der Waals surface area contributed by atoms with Crippen LogP contribution in [0, 0.1) is 0 Å². The number of rotatable bonds is 6. The number of benzene rings is 3. The Morgan fingerprint density at radius 1 is 1.00 bits per heavy atom. The highest BCUT2D eigenvalue weighted by Gasteiger charge is 2.29. The van der Waals surface area contributed by atoms with Crippen LogP contribution >= 0.6 is 0 Å². The number of carbonyl (C=O) groups is 1. The predicted octanol–water partition coefficient (Wildman–Crippen LogP) is 4.87. The smallest absolute Gasteiger partial charge is 0.323 e. The van der Waals surface area contributed by atoms with Crippen LogP contribution < -0.4 is 19.7 Å². The van der Waals surface area contributed by atoms with Crippen molar-refractivity contribution in [3.8, 4) is 5.75 Å². The minimum absolute atomic E-state index is 0.247. The molecule has 2 amide bonds. The van der Waals surface area contributed by atoms with Crippen LogP contribution in [0.15, 0.2) is 77.7 Å². The lowest BCUT2D eigenvalue weighted by atomic mass is 10.0. The lowest BCUT2D eigenvalue weighted by molar-refractivity contribution is 0.262. The fourth-order valence-corrected chi connectivity index (χ4v) is 5.28. The fourth-order valence-electron chi connectivity index (χ4n) is 3.72. The molecule has 166 valence electrons. The number of nitrogens with zero attached hydrogens (tertiary/aromatic N) is 1. The Hall–Kier alpha value is -3.52. The van der Waals surface area contributed by atoms with E-state index in [0.717, 1.165) is 18.4 Å². The maximum atomic E-state index is 13.2. The van der Waals surface area contributed by atoms with Crippen molar-refractivity contribution in [1.82, 2.24) is 0 Å². The molecule has 4 rings (SSSR count). The van der Waals surface area contributed by atoms with Crippen molar-refractivity contribution in [3.05, 3.63) is 78.4 Å². The van der Waals surface area contributed by atoms with E-state index in [4.69, 9.17) is 4.74 Å². The van der Waals surface area contributed by atoms with E-state index >= 15 is 0 Å². The minimum atomic E-state index is -3.69. The maximum absolute atomic E-state index is 13.2. The number of sulfonamides is 1. The summed E-state index contributed by atoms with van der Waals surface area (Å²) < 4.78 is 33.4. The molecule has 0 saturated heterocycles. The van der Waals surface area contributed by atoms with Gasteiger partial charge in [-0.05, 0) is 61.7 Å². The molecule has 3 aromatic rings. The Morgan fingerprint density at radius 2 is 1.75 bits per heavy atom. The van der Waals surface area contributed by atoms with Gasteiger partial charge >= 0.3 is 6.03 Å². The van der Waals surface area contributed by atoms with Crippen LogP contribution in [0.25, 0.3) is 0 Å². The average Bonchev–Trinajstić information content (AvgIpc) is 2.80. The van der Waals surface area contributed by atoms with Gasteiger partial charge in [0, 0.05) is 12.2 Å². The van der Waals surface area contributed by atoms with Crippen LogP contribution in [0.4, 0.5) is 21.9 Å². The molecule has 0 spiro atoms. The molecule has 0 aromatic heterocycles. The van der Waals surface area contributed by atoms with Gasteiger partial charge in [0.05, 0.1) is 22.9 Å². The molecule has 0 atom stereocenters. The number of urea groups is 1.